The molecule has 1 aliphatic heterocycles. The Morgan fingerprint density at radius 2 is 1.95 bits per heavy atom. The molecule has 108 valence electrons. The van der Waals surface area contributed by atoms with Crippen LogP contribution in [0.15, 0.2) is 16.6 Å². The van der Waals surface area contributed by atoms with Gasteiger partial charge in [-0.15, -0.1) is 0 Å². The van der Waals surface area contributed by atoms with Crippen LogP contribution in [0.25, 0.3) is 0 Å². The Bertz CT molecular complexity index is 579. The van der Waals surface area contributed by atoms with Crippen molar-refractivity contribution >= 4 is 33.5 Å². The molecule has 4 nitrogen and oxygen atoms in total. The van der Waals surface area contributed by atoms with Crippen molar-refractivity contribution in [2.24, 2.45) is 0 Å². The molecule has 0 bridgehead atoms. The van der Waals surface area contributed by atoms with Gasteiger partial charge in [0.25, 0.3) is 0 Å². The van der Waals surface area contributed by atoms with E-state index in [1.54, 1.807) is 18.0 Å². The largest absolute Gasteiger partial charge is 0.465 e. The van der Waals surface area contributed by atoms with Crippen molar-refractivity contribution in [2.45, 2.75) is 32.1 Å². The van der Waals surface area contributed by atoms with Crippen LogP contribution in [0.4, 0.5) is 5.69 Å². The zero-order valence-corrected chi connectivity index (χ0v) is 13.7. The number of hydrogen-bond acceptors (Lipinski definition) is 3. The highest BCUT2D eigenvalue weighted by molar-refractivity contribution is 9.10. The lowest BCUT2D eigenvalue weighted by Gasteiger charge is -2.25. The number of benzene rings is 1. The molecule has 0 aliphatic carbocycles. The predicted molar refractivity (Wildman–Crippen MR) is 81.2 cm³/mol. The predicted octanol–water partition coefficient (Wildman–Crippen LogP) is 3.27. The standard InChI is InChI=1S/C15H18BrNO3/c1-5-15(6-2)10-7-9(13(18)20-4)11(16)8-12(10)17(3)14(15)19/h7-8H,5-6H2,1-4H3. The first-order valence-corrected chi connectivity index (χ1v) is 7.42. The van der Waals surface area contributed by atoms with Crippen molar-refractivity contribution in [2.75, 3.05) is 19.1 Å². The van der Waals surface area contributed by atoms with Crippen LogP contribution in [-0.2, 0) is 14.9 Å². The zero-order chi connectivity index (χ0) is 15.1. The minimum Gasteiger partial charge on any atom is -0.465 e. The smallest absolute Gasteiger partial charge is 0.339 e. The molecule has 0 saturated heterocycles. The molecule has 0 atom stereocenters. The molecule has 0 N–H and O–H groups in total. The number of methoxy groups -OCH3 is 1. The Kier molecular flexibility index (Phi) is 3.91. The van der Waals surface area contributed by atoms with E-state index in [9.17, 15) is 9.59 Å². The third-order valence-corrected chi connectivity index (χ3v) is 4.94. The summed E-state index contributed by atoms with van der Waals surface area (Å²) in [5.74, 6) is -0.311. The van der Waals surface area contributed by atoms with Crippen molar-refractivity contribution < 1.29 is 14.3 Å². The Balaban J connectivity index is 2.71. The molecule has 5 heteroatoms. The van der Waals surface area contributed by atoms with Crippen LogP contribution in [0.5, 0.6) is 0 Å². The molecule has 0 aromatic heterocycles. The van der Waals surface area contributed by atoms with Gasteiger partial charge in [0.1, 0.15) is 0 Å². The van der Waals surface area contributed by atoms with Crippen molar-refractivity contribution in [1.82, 2.24) is 0 Å². The third-order valence-electron chi connectivity index (χ3n) is 4.29. The van der Waals surface area contributed by atoms with E-state index in [0.29, 0.717) is 22.9 Å². The molecule has 1 aliphatic rings. The van der Waals surface area contributed by atoms with E-state index in [4.69, 9.17) is 4.74 Å². The van der Waals surface area contributed by atoms with Crippen LogP contribution in [0.1, 0.15) is 42.6 Å². The van der Waals surface area contributed by atoms with Crippen LogP contribution in [-0.4, -0.2) is 26.0 Å². The van der Waals surface area contributed by atoms with E-state index >= 15 is 0 Å². The van der Waals surface area contributed by atoms with Gasteiger partial charge in [-0.25, -0.2) is 4.79 Å². The molecule has 0 radical (unpaired) electrons. The second kappa shape index (κ2) is 5.20. The normalized spacial score (nSPS) is 16.2. The van der Waals surface area contributed by atoms with Gasteiger partial charge in [0.05, 0.1) is 18.1 Å². The van der Waals surface area contributed by atoms with Crippen LogP contribution in [0.3, 0.4) is 0 Å². The Morgan fingerprint density at radius 1 is 1.35 bits per heavy atom. The molecule has 20 heavy (non-hydrogen) atoms. The second-order valence-corrected chi connectivity index (χ2v) is 5.85. The van der Waals surface area contributed by atoms with Gasteiger partial charge >= 0.3 is 5.97 Å². The van der Waals surface area contributed by atoms with Gasteiger partial charge in [-0.2, -0.15) is 0 Å². The van der Waals surface area contributed by atoms with Gasteiger partial charge in [0.15, 0.2) is 0 Å². The van der Waals surface area contributed by atoms with E-state index in [0.717, 1.165) is 11.3 Å². The molecule has 1 amide bonds. The van der Waals surface area contributed by atoms with E-state index in [1.165, 1.54) is 7.11 Å². The van der Waals surface area contributed by atoms with Crippen LogP contribution >= 0.6 is 15.9 Å². The molecule has 0 spiro atoms. The summed E-state index contributed by atoms with van der Waals surface area (Å²) < 4.78 is 5.44. The first-order valence-electron chi connectivity index (χ1n) is 6.63. The highest BCUT2D eigenvalue weighted by Gasteiger charge is 2.47. The van der Waals surface area contributed by atoms with Crippen molar-refractivity contribution in [1.29, 1.82) is 0 Å². The van der Waals surface area contributed by atoms with Crippen molar-refractivity contribution in [3.63, 3.8) is 0 Å². The number of esters is 1. The molecule has 0 fully saturated rings. The fourth-order valence-corrected chi connectivity index (χ4v) is 3.46. The second-order valence-electron chi connectivity index (χ2n) is 4.99. The van der Waals surface area contributed by atoms with Gasteiger partial charge < -0.3 is 9.64 Å². The summed E-state index contributed by atoms with van der Waals surface area (Å²) in [5.41, 5.74) is 1.70. The molecular formula is C15H18BrNO3. The maximum absolute atomic E-state index is 12.6. The maximum Gasteiger partial charge on any atom is 0.339 e. The van der Waals surface area contributed by atoms with E-state index < -0.39 is 11.4 Å². The monoisotopic (exact) mass is 339 g/mol. The Labute approximate surface area is 127 Å². The number of hydrogen-bond donors (Lipinski definition) is 0. The molecular weight excluding hydrogens is 322 g/mol. The number of carbonyl (C=O) groups excluding carboxylic acids is 2. The summed E-state index contributed by atoms with van der Waals surface area (Å²) in [6.45, 7) is 4.01. The average molecular weight is 340 g/mol. The summed E-state index contributed by atoms with van der Waals surface area (Å²) >= 11 is 3.38. The lowest BCUT2D eigenvalue weighted by Crippen LogP contribution is -2.37. The third kappa shape index (κ3) is 1.87. The number of halogens is 1. The first kappa shape index (κ1) is 15.0. The highest BCUT2D eigenvalue weighted by atomic mass is 79.9. The summed E-state index contributed by atoms with van der Waals surface area (Å²) in [7, 11) is 3.13. The van der Waals surface area contributed by atoms with Gasteiger partial charge in [-0.3, -0.25) is 4.79 Å². The average Bonchev–Trinajstić information content (AvgIpc) is 2.66. The minimum absolute atomic E-state index is 0.0893. The molecule has 0 saturated carbocycles. The Hall–Kier alpha value is -1.36. The lowest BCUT2D eigenvalue weighted by molar-refractivity contribution is -0.123. The number of amides is 1. The van der Waals surface area contributed by atoms with Gasteiger partial charge in [0.2, 0.25) is 5.91 Å². The minimum atomic E-state index is -0.534. The van der Waals surface area contributed by atoms with Crippen LogP contribution in [0.2, 0.25) is 0 Å². The first-order chi connectivity index (χ1) is 9.42. The highest BCUT2D eigenvalue weighted by Crippen LogP contribution is 2.47. The molecule has 2 rings (SSSR count). The summed E-state index contributed by atoms with van der Waals surface area (Å²) in [6.07, 6.45) is 1.42. The summed E-state index contributed by atoms with van der Waals surface area (Å²) in [6, 6.07) is 3.62. The maximum atomic E-state index is 12.6. The van der Waals surface area contributed by atoms with Crippen LogP contribution in [0, 0.1) is 0 Å². The van der Waals surface area contributed by atoms with Gasteiger partial charge in [0, 0.05) is 17.2 Å². The zero-order valence-electron chi connectivity index (χ0n) is 12.1. The summed E-state index contributed by atoms with van der Waals surface area (Å²) in [5, 5.41) is 0. The molecule has 1 aromatic rings. The van der Waals surface area contributed by atoms with E-state index in [-0.39, 0.29) is 5.91 Å². The number of anilines is 1. The topological polar surface area (TPSA) is 46.6 Å². The van der Waals surface area contributed by atoms with Crippen LogP contribution < -0.4 is 4.90 Å². The van der Waals surface area contributed by atoms with Gasteiger partial charge in [-0.05, 0) is 46.5 Å². The fourth-order valence-electron chi connectivity index (χ4n) is 2.97. The number of fused-ring (bicyclic) bond motifs is 1. The molecule has 0 unspecified atom stereocenters. The molecule has 1 aromatic carbocycles. The number of rotatable bonds is 3. The van der Waals surface area contributed by atoms with Gasteiger partial charge in [-0.1, -0.05) is 13.8 Å². The van der Waals surface area contributed by atoms with Crippen molar-refractivity contribution in [3.05, 3.63) is 27.7 Å². The fraction of sp³-hybridized carbons (Fsp3) is 0.467. The number of likely N-dealkylation sites (N-methyl/N-ethyl adjacent to an activating group) is 1. The number of ether oxygens (including phenoxy) is 1. The number of nitrogens with zero attached hydrogens (tertiary/aromatic N) is 1. The number of carbonyl (C=O) groups is 2. The van der Waals surface area contributed by atoms with E-state index in [1.807, 2.05) is 19.9 Å². The SMILES string of the molecule is CCC1(CC)C(=O)N(C)c2cc(Br)c(C(=O)OC)cc21. The molecule has 1 heterocycles. The lowest BCUT2D eigenvalue weighted by atomic mass is 9.76. The summed E-state index contributed by atoms with van der Waals surface area (Å²) in [4.78, 5) is 26.1. The van der Waals surface area contributed by atoms with E-state index in [2.05, 4.69) is 15.9 Å². The van der Waals surface area contributed by atoms with Crippen molar-refractivity contribution in [3.8, 4) is 0 Å². The Morgan fingerprint density at radius 3 is 2.45 bits per heavy atom. The quantitative estimate of drug-likeness (QED) is 0.794.